The Morgan fingerprint density at radius 1 is 1.03 bits per heavy atom. The Kier molecular flexibility index (Phi) is 5.31. The van der Waals surface area contributed by atoms with Crippen LogP contribution in [0.5, 0.6) is 0 Å². The van der Waals surface area contributed by atoms with Crippen LogP contribution < -0.4 is 5.43 Å². The highest BCUT2D eigenvalue weighted by atomic mass is 19.2. The van der Waals surface area contributed by atoms with Crippen LogP contribution in [0.3, 0.4) is 0 Å². The molecule has 0 spiro atoms. The van der Waals surface area contributed by atoms with Gasteiger partial charge in [0.2, 0.25) is 0 Å². The van der Waals surface area contributed by atoms with Gasteiger partial charge in [-0.1, -0.05) is 0 Å². The number of fused-ring (bicyclic) bond motifs is 1. The minimum absolute atomic E-state index is 0.214. The van der Waals surface area contributed by atoms with Crippen LogP contribution in [-0.4, -0.2) is 49.7 Å². The number of aromatic nitrogens is 2. The quantitative estimate of drug-likeness (QED) is 0.555. The van der Waals surface area contributed by atoms with Crippen molar-refractivity contribution in [3.05, 3.63) is 65.5 Å². The predicted octanol–water partition coefficient (Wildman–Crippen LogP) is 3.11. The molecule has 0 unspecified atom stereocenters. The first-order valence-electron chi connectivity index (χ1n) is 10.2. The summed E-state index contributed by atoms with van der Waals surface area (Å²) in [6.45, 7) is 1.84. The van der Waals surface area contributed by atoms with Crippen LogP contribution in [0.25, 0.3) is 11.3 Å². The monoisotopic (exact) mass is 459 g/mol. The smallest absolute Gasteiger partial charge is 0.181 e. The van der Waals surface area contributed by atoms with Crippen LogP contribution in [0.15, 0.2) is 47.5 Å². The van der Waals surface area contributed by atoms with E-state index in [0.29, 0.717) is 28.3 Å². The Bertz CT molecular complexity index is 1220. The van der Waals surface area contributed by atoms with Crippen molar-refractivity contribution in [2.75, 3.05) is 5.43 Å². The fraction of sp³-hybridized carbons (Fsp3) is 0.273. The highest BCUT2D eigenvalue weighted by Crippen LogP contribution is 2.39. The first-order valence-corrected chi connectivity index (χ1v) is 10.2. The number of benzene rings is 2. The zero-order valence-corrected chi connectivity index (χ0v) is 17.4. The van der Waals surface area contributed by atoms with E-state index >= 15 is 0 Å². The molecular weight excluding hydrogens is 439 g/mol. The number of nitrogens with zero attached hydrogens (tertiary/aromatic N) is 4. The van der Waals surface area contributed by atoms with Crippen molar-refractivity contribution >= 4 is 17.8 Å². The first kappa shape index (κ1) is 21.4. The molecular formula is C22H20F3N5O3. The highest BCUT2D eigenvalue weighted by Gasteiger charge is 2.43. The fourth-order valence-corrected chi connectivity index (χ4v) is 3.92. The van der Waals surface area contributed by atoms with Crippen molar-refractivity contribution in [1.82, 2.24) is 14.8 Å². The number of ether oxygens (including phenoxy) is 1. The number of aliphatic hydroxyl groups is 2. The van der Waals surface area contributed by atoms with Crippen LogP contribution >= 0.6 is 0 Å². The molecule has 2 aromatic carbocycles. The lowest BCUT2D eigenvalue weighted by Crippen LogP contribution is -2.32. The number of aliphatic imine (C=N–C) groups is 1. The number of hydrogen-bond donors (Lipinski definition) is 3. The number of rotatable bonds is 4. The van der Waals surface area contributed by atoms with E-state index in [0.717, 1.165) is 12.1 Å². The van der Waals surface area contributed by atoms with Crippen LogP contribution in [0.2, 0.25) is 0 Å². The third-order valence-electron chi connectivity index (χ3n) is 5.66. The van der Waals surface area contributed by atoms with Crippen LogP contribution in [0.1, 0.15) is 18.7 Å². The van der Waals surface area contributed by atoms with E-state index in [2.05, 4.69) is 15.5 Å². The molecule has 0 saturated carbocycles. The van der Waals surface area contributed by atoms with E-state index in [9.17, 15) is 23.4 Å². The van der Waals surface area contributed by atoms with Gasteiger partial charge in [0, 0.05) is 11.1 Å². The van der Waals surface area contributed by atoms with Gasteiger partial charge >= 0.3 is 0 Å². The number of anilines is 1. The molecule has 2 aliphatic rings. The van der Waals surface area contributed by atoms with Gasteiger partial charge in [0.15, 0.2) is 23.7 Å². The van der Waals surface area contributed by atoms with E-state index in [1.165, 1.54) is 29.2 Å². The third kappa shape index (κ3) is 3.84. The lowest BCUT2D eigenvalue weighted by molar-refractivity contribution is -0.0384. The molecule has 3 N–H and O–H groups in total. The maximum absolute atomic E-state index is 14.0. The van der Waals surface area contributed by atoms with E-state index in [1.807, 2.05) is 0 Å². The summed E-state index contributed by atoms with van der Waals surface area (Å²) in [6.07, 6.45) is -2.55. The lowest BCUT2D eigenvalue weighted by atomic mass is 10.1. The summed E-state index contributed by atoms with van der Waals surface area (Å²) in [7, 11) is 0. The van der Waals surface area contributed by atoms with E-state index in [1.54, 1.807) is 24.1 Å². The number of hydrazine groups is 1. The molecule has 33 heavy (non-hydrogen) atoms. The Morgan fingerprint density at radius 2 is 1.79 bits per heavy atom. The van der Waals surface area contributed by atoms with Crippen LogP contribution in [-0.2, 0) is 11.3 Å². The van der Waals surface area contributed by atoms with E-state index in [4.69, 9.17) is 4.74 Å². The summed E-state index contributed by atoms with van der Waals surface area (Å²) in [5.74, 6) is -2.05. The van der Waals surface area contributed by atoms with Crippen molar-refractivity contribution in [1.29, 1.82) is 0 Å². The van der Waals surface area contributed by atoms with Crippen molar-refractivity contribution < 1.29 is 28.1 Å². The molecule has 0 aliphatic carbocycles. The summed E-state index contributed by atoms with van der Waals surface area (Å²) in [4.78, 5) is 4.43. The molecule has 1 saturated heterocycles. The van der Waals surface area contributed by atoms with E-state index in [-0.39, 0.29) is 12.4 Å². The summed E-state index contributed by atoms with van der Waals surface area (Å²) in [6, 6.07) is 9.17. The minimum atomic E-state index is -1.26. The summed E-state index contributed by atoms with van der Waals surface area (Å²) in [5, 5.41) is 26.7. The van der Waals surface area contributed by atoms with E-state index < -0.39 is 36.2 Å². The van der Waals surface area contributed by atoms with Gasteiger partial charge in [0.25, 0.3) is 0 Å². The molecule has 3 aromatic rings. The maximum atomic E-state index is 14.0. The highest BCUT2D eigenvalue weighted by molar-refractivity contribution is 5.75. The van der Waals surface area contributed by atoms with Crippen LogP contribution in [0, 0.1) is 17.5 Å². The second-order valence-corrected chi connectivity index (χ2v) is 7.93. The van der Waals surface area contributed by atoms with Crippen molar-refractivity contribution in [3.63, 3.8) is 0 Å². The zero-order valence-electron chi connectivity index (χ0n) is 17.4. The average molecular weight is 459 g/mol. The topological polar surface area (TPSA) is 95.1 Å². The standard InChI is InChI=1S/C22H20F3N5O3/c1-11-19(31)20(32)22(33-11)30-21-15(18(28-30)12-2-7-16(24)17(25)8-12)9-29(10-26-21)27-14-5-3-13(23)4-6-14/h2-8,10-11,19-20,22,27,31-32H,9H2,1H3/t11-,19-,20-,22-/m1/s1. The molecule has 1 aromatic heterocycles. The Labute approximate surface area is 186 Å². The van der Waals surface area contributed by atoms with Gasteiger partial charge in [0.05, 0.1) is 24.0 Å². The number of halogens is 3. The summed E-state index contributed by atoms with van der Waals surface area (Å²) < 4.78 is 47.7. The SMILES string of the molecule is C[C@H]1O[C@@H](n2nc(-c3ccc(F)c(F)c3)c3c2N=CN(Nc2ccc(F)cc2)C3)[C@H](O)[C@@H]1O. The third-order valence-corrected chi connectivity index (χ3v) is 5.66. The molecule has 0 amide bonds. The van der Waals surface area contributed by atoms with Gasteiger partial charge in [-0.25, -0.2) is 22.8 Å². The molecule has 8 nitrogen and oxygen atoms in total. The second-order valence-electron chi connectivity index (χ2n) is 7.93. The number of hydrogen-bond acceptors (Lipinski definition) is 7. The molecule has 11 heteroatoms. The Morgan fingerprint density at radius 3 is 2.45 bits per heavy atom. The first-order chi connectivity index (χ1) is 15.8. The van der Waals surface area contributed by atoms with Crippen molar-refractivity contribution in [2.45, 2.75) is 38.0 Å². The summed E-state index contributed by atoms with van der Waals surface area (Å²) >= 11 is 0. The molecule has 0 radical (unpaired) electrons. The maximum Gasteiger partial charge on any atom is 0.181 e. The number of aliphatic hydroxyl groups excluding tert-OH is 2. The minimum Gasteiger partial charge on any atom is -0.388 e. The molecule has 0 bridgehead atoms. The van der Waals surface area contributed by atoms with Gasteiger partial charge in [-0.2, -0.15) is 5.10 Å². The van der Waals surface area contributed by atoms with Crippen molar-refractivity contribution in [2.24, 2.45) is 4.99 Å². The second kappa shape index (κ2) is 8.18. The Hall–Kier alpha value is -3.41. The molecule has 172 valence electrons. The zero-order chi connectivity index (χ0) is 23.3. The fourth-order valence-electron chi connectivity index (χ4n) is 3.92. The summed E-state index contributed by atoms with van der Waals surface area (Å²) in [5.41, 5.74) is 4.87. The van der Waals surface area contributed by atoms with Crippen molar-refractivity contribution in [3.8, 4) is 11.3 Å². The van der Waals surface area contributed by atoms with Gasteiger partial charge in [-0.3, -0.25) is 10.4 Å². The molecule has 1 fully saturated rings. The molecule has 3 heterocycles. The molecule has 4 atom stereocenters. The largest absolute Gasteiger partial charge is 0.388 e. The number of nitrogens with one attached hydrogen (secondary N) is 1. The predicted molar refractivity (Wildman–Crippen MR) is 113 cm³/mol. The molecule has 5 rings (SSSR count). The molecule has 2 aliphatic heterocycles. The average Bonchev–Trinajstić information content (AvgIpc) is 3.29. The van der Waals surface area contributed by atoms with Gasteiger partial charge in [0.1, 0.15) is 24.4 Å². The normalized spacial score (nSPS) is 24.2. The van der Waals surface area contributed by atoms with Gasteiger partial charge in [-0.15, -0.1) is 0 Å². The van der Waals surface area contributed by atoms with Gasteiger partial charge in [-0.05, 0) is 49.4 Å². The van der Waals surface area contributed by atoms with Gasteiger partial charge < -0.3 is 14.9 Å². The van der Waals surface area contributed by atoms with Crippen LogP contribution in [0.4, 0.5) is 24.7 Å². The lowest BCUT2D eigenvalue weighted by Gasteiger charge is -2.25. The Balaban J connectivity index is 1.55.